The second-order valence-electron chi connectivity index (χ2n) is 6.17. The smallest absolute Gasteiger partial charge is 0.248 e. The summed E-state index contributed by atoms with van der Waals surface area (Å²) in [5.74, 6) is 1.04. The molecular formula is C15H24N2O4. The number of amides is 2. The number of ether oxygens (including phenoxy) is 2. The maximum Gasteiger partial charge on any atom is 0.248 e. The van der Waals surface area contributed by atoms with E-state index < -0.39 is 0 Å². The van der Waals surface area contributed by atoms with Gasteiger partial charge in [-0.05, 0) is 13.3 Å². The Balaban J connectivity index is 1.54. The molecule has 6 nitrogen and oxygen atoms in total. The van der Waals surface area contributed by atoms with E-state index >= 15 is 0 Å². The molecule has 0 aromatic heterocycles. The Bertz CT molecular complexity index is 414. The van der Waals surface area contributed by atoms with E-state index in [2.05, 4.69) is 0 Å². The van der Waals surface area contributed by atoms with E-state index in [1.807, 2.05) is 16.7 Å². The highest BCUT2D eigenvalue weighted by Gasteiger charge is 2.46. The van der Waals surface area contributed by atoms with E-state index in [-0.39, 0.29) is 24.5 Å². The summed E-state index contributed by atoms with van der Waals surface area (Å²) in [5, 5.41) is 0. The molecule has 0 unspecified atom stereocenters. The maximum atomic E-state index is 12.0. The lowest BCUT2D eigenvalue weighted by atomic mass is 9.93. The fraction of sp³-hybridized carbons (Fsp3) is 0.867. The lowest BCUT2D eigenvalue weighted by molar-refractivity contribution is -0.136. The van der Waals surface area contributed by atoms with Gasteiger partial charge in [0, 0.05) is 51.0 Å². The molecule has 0 spiro atoms. The van der Waals surface area contributed by atoms with Crippen LogP contribution in [0.1, 0.15) is 19.8 Å². The first-order valence-corrected chi connectivity index (χ1v) is 7.94. The molecule has 0 N–H and O–H groups in total. The first-order chi connectivity index (χ1) is 10.2. The number of carbonyl (C=O) groups excluding carboxylic acids is 2. The Morgan fingerprint density at radius 2 is 2.29 bits per heavy atom. The summed E-state index contributed by atoms with van der Waals surface area (Å²) in [6, 6.07) is 0. The molecule has 0 saturated carbocycles. The van der Waals surface area contributed by atoms with Crippen molar-refractivity contribution in [3.63, 3.8) is 0 Å². The van der Waals surface area contributed by atoms with Gasteiger partial charge in [0.1, 0.15) is 6.61 Å². The van der Waals surface area contributed by atoms with Gasteiger partial charge in [0.05, 0.1) is 12.7 Å². The van der Waals surface area contributed by atoms with Crippen LogP contribution >= 0.6 is 0 Å². The lowest BCUT2D eigenvalue weighted by Crippen LogP contribution is -2.37. The number of rotatable bonds is 5. The molecule has 6 heteroatoms. The van der Waals surface area contributed by atoms with Crippen LogP contribution in [0.4, 0.5) is 0 Å². The van der Waals surface area contributed by atoms with Crippen molar-refractivity contribution < 1.29 is 19.1 Å². The molecule has 3 heterocycles. The predicted molar refractivity (Wildman–Crippen MR) is 75.6 cm³/mol. The first-order valence-electron chi connectivity index (χ1n) is 7.94. The molecule has 3 aliphatic heterocycles. The van der Waals surface area contributed by atoms with Gasteiger partial charge in [-0.3, -0.25) is 9.59 Å². The van der Waals surface area contributed by atoms with E-state index in [9.17, 15) is 9.59 Å². The van der Waals surface area contributed by atoms with Crippen molar-refractivity contribution in [3.05, 3.63) is 0 Å². The third kappa shape index (κ3) is 3.06. The van der Waals surface area contributed by atoms with Crippen molar-refractivity contribution in [3.8, 4) is 0 Å². The van der Waals surface area contributed by atoms with Gasteiger partial charge < -0.3 is 19.3 Å². The summed E-state index contributed by atoms with van der Waals surface area (Å²) in [6.45, 7) is 6.39. The third-order valence-corrected chi connectivity index (χ3v) is 4.85. The molecule has 21 heavy (non-hydrogen) atoms. The molecule has 3 rings (SSSR count). The highest BCUT2D eigenvalue weighted by molar-refractivity contribution is 5.78. The first kappa shape index (κ1) is 14.8. The molecule has 0 aromatic rings. The van der Waals surface area contributed by atoms with Crippen LogP contribution in [0, 0.1) is 11.8 Å². The second-order valence-corrected chi connectivity index (χ2v) is 6.17. The molecule has 0 bridgehead atoms. The number of carbonyl (C=O) groups is 2. The van der Waals surface area contributed by atoms with Crippen molar-refractivity contribution in [1.29, 1.82) is 0 Å². The average molecular weight is 296 g/mol. The molecule has 3 saturated heterocycles. The fourth-order valence-corrected chi connectivity index (χ4v) is 3.65. The van der Waals surface area contributed by atoms with Gasteiger partial charge in [0.2, 0.25) is 11.8 Å². The molecule has 3 atom stereocenters. The van der Waals surface area contributed by atoms with Crippen molar-refractivity contribution in [2.24, 2.45) is 11.8 Å². The number of likely N-dealkylation sites (tertiary alicyclic amines) is 2. The topological polar surface area (TPSA) is 59.1 Å². The Morgan fingerprint density at radius 3 is 3.00 bits per heavy atom. The number of hydrogen-bond donors (Lipinski definition) is 0. The minimum absolute atomic E-state index is 0.0471. The molecule has 0 radical (unpaired) electrons. The summed E-state index contributed by atoms with van der Waals surface area (Å²) < 4.78 is 11.0. The highest BCUT2D eigenvalue weighted by atomic mass is 16.5. The van der Waals surface area contributed by atoms with Gasteiger partial charge in [-0.25, -0.2) is 0 Å². The standard InChI is InChI=1S/C15H24N2O4/c1-2-20-10-15(19)17-7-12-11(9-21-13(12)8-17)6-16-5-3-4-14(16)18/h11-13H,2-10H2,1H3/t11-,12-,13-/m1/s1. The molecular weight excluding hydrogens is 272 g/mol. The van der Waals surface area contributed by atoms with Crippen LogP contribution in [0.25, 0.3) is 0 Å². The van der Waals surface area contributed by atoms with E-state index in [0.717, 1.165) is 26.1 Å². The lowest BCUT2D eigenvalue weighted by Gasteiger charge is -2.24. The van der Waals surface area contributed by atoms with Crippen molar-refractivity contribution in [2.45, 2.75) is 25.9 Å². The zero-order chi connectivity index (χ0) is 14.8. The normalized spacial score (nSPS) is 32.0. The Hall–Kier alpha value is -1.14. The fourth-order valence-electron chi connectivity index (χ4n) is 3.65. The zero-order valence-electron chi connectivity index (χ0n) is 12.6. The summed E-state index contributed by atoms with van der Waals surface area (Å²) >= 11 is 0. The summed E-state index contributed by atoms with van der Waals surface area (Å²) in [5.41, 5.74) is 0. The van der Waals surface area contributed by atoms with Crippen LogP contribution in [0.5, 0.6) is 0 Å². The van der Waals surface area contributed by atoms with Gasteiger partial charge in [0.25, 0.3) is 0 Å². The van der Waals surface area contributed by atoms with Gasteiger partial charge in [-0.15, -0.1) is 0 Å². The summed E-state index contributed by atoms with van der Waals surface area (Å²) in [4.78, 5) is 27.6. The Morgan fingerprint density at radius 1 is 1.43 bits per heavy atom. The number of hydrogen-bond acceptors (Lipinski definition) is 4. The predicted octanol–water partition coefficient (Wildman–Crippen LogP) is 0.119. The van der Waals surface area contributed by atoms with E-state index in [0.29, 0.717) is 38.0 Å². The van der Waals surface area contributed by atoms with Crippen molar-refractivity contribution >= 4 is 11.8 Å². The molecule has 118 valence electrons. The van der Waals surface area contributed by atoms with Gasteiger partial charge in [0.15, 0.2) is 0 Å². The van der Waals surface area contributed by atoms with Crippen LogP contribution in [0.15, 0.2) is 0 Å². The van der Waals surface area contributed by atoms with Gasteiger partial charge >= 0.3 is 0 Å². The molecule has 3 fully saturated rings. The molecule has 0 aliphatic carbocycles. The largest absolute Gasteiger partial charge is 0.376 e. The quantitative estimate of drug-likeness (QED) is 0.723. The average Bonchev–Trinajstić information content (AvgIpc) is 3.15. The minimum atomic E-state index is 0.0471. The highest BCUT2D eigenvalue weighted by Crippen LogP contribution is 2.34. The number of fused-ring (bicyclic) bond motifs is 1. The summed E-state index contributed by atoms with van der Waals surface area (Å²) in [6.07, 6.45) is 1.79. The maximum absolute atomic E-state index is 12.0. The second kappa shape index (κ2) is 6.32. The monoisotopic (exact) mass is 296 g/mol. The Kier molecular flexibility index (Phi) is 4.45. The van der Waals surface area contributed by atoms with E-state index in [1.165, 1.54) is 0 Å². The molecule has 0 aromatic carbocycles. The van der Waals surface area contributed by atoms with Gasteiger partial charge in [-0.2, -0.15) is 0 Å². The van der Waals surface area contributed by atoms with Crippen LogP contribution < -0.4 is 0 Å². The van der Waals surface area contributed by atoms with E-state index in [4.69, 9.17) is 9.47 Å². The zero-order valence-corrected chi connectivity index (χ0v) is 12.6. The molecule has 2 amide bonds. The number of nitrogens with zero attached hydrogens (tertiary/aromatic N) is 2. The summed E-state index contributed by atoms with van der Waals surface area (Å²) in [7, 11) is 0. The SMILES string of the molecule is CCOCC(=O)N1C[C@@H]2[C@H](CN3CCCC3=O)CO[C@@H]2C1. The van der Waals surface area contributed by atoms with Crippen LogP contribution in [-0.2, 0) is 19.1 Å². The van der Waals surface area contributed by atoms with Crippen molar-refractivity contribution in [2.75, 3.05) is 46.0 Å². The third-order valence-electron chi connectivity index (χ3n) is 4.85. The van der Waals surface area contributed by atoms with E-state index in [1.54, 1.807) is 0 Å². The van der Waals surface area contributed by atoms with Gasteiger partial charge in [-0.1, -0.05) is 0 Å². The molecule has 3 aliphatic rings. The minimum Gasteiger partial charge on any atom is -0.376 e. The van der Waals surface area contributed by atoms with Crippen molar-refractivity contribution in [1.82, 2.24) is 9.80 Å². The van der Waals surface area contributed by atoms with Crippen LogP contribution in [-0.4, -0.2) is 73.7 Å². The van der Waals surface area contributed by atoms with Crippen LogP contribution in [0.3, 0.4) is 0 Å². The Labute approximate surface area is 125 Å². The van der Waals surface area contributed by atoms with Crippen LogP contribution in [0.2, 0.25) is 0 Å².